The molecule has 5 heteroatoms. The lowest BCUT2D eigenvalue weighted by molar-refractivity contribution is -0.135. The second-order valence-corrected chi connectivity index (χ2v) is 8.21. The molecule has 1 saturated heterocycles. The van der Waals surface area contributed by atoms with Gasteiger partial charge in [0.25, 0.3) is 0 Å². The number of carbonyl (C=O) groups is 2. The molecular formula is C25H25ClN2O2. The average molecular weight is 421 g/mol. The maximum atomic E-state index is 13.0. The van der Waals surface area contributed by atoms with Crippen LogP contribution in [0.25, 0.3) is 10.8 Å². The maximum Gasteiger partial charge on any atom is 0.227 e. The van der Waals surface area contributed by atoms with E-state index in [9.17, 15) is 9.59 Å². The third-order valence-corrected chi connectivity index (χ3v) is 6.15. The lowest BCUT2D eigenvalue weighted by atomic mass is 9.95. The molecule has 3 aromatic rings. The first kappa shape index (κ1) is 20.4. The lowest BCUT2D eigenvalue weighted by Gasteiger charge is -2.32. The van der Waals surface area contributed by atoms with Crippen LogP contribution in [0.3, 0.4) is 0 Å². The van der Waals surface area contributed by atoms with Gasteiger partial charge in [0, 0.05) is 24.7 Å². The zero-order chi connectivity index (χ0) is 20.9. The number of piperidine rings is 1. The van der Waals surface area contributed by atoms with Gasteiger partial charge < -0.3 is 10.2 Å². The van der Waals surface area contributed by atoms with Crippen molar-refractivity contribution in [2.45, 2.75) is 25.8 Å². The zero-order valence-electron chi connectivity index (χ0n) is 16.8. The minimum absolute atomic E-state index is 0.0161. The summed E-state index contributed by atoms with van der Waals surface area (Å²) in [6, 6.07) is 21.7. The van der Waals surface area contributed by atoms with Gasteiger partial charge in [0.2, 0.25) is 11.8 Å². The van der Waals surface area contributed by atoms with Crippen molar-refractivity contribution in [3.05, 3.63) is 82.9 Å². The molecule has 30 heavy (non-hydrogen) atoms. The quantitative estimate of drug-likeness (QED) is 0.656. The highest BCUT2D eigenvalue weighted by Gasteiger charge is 2.28. The van der Waals surface area contributed by atoms with Crippen LogP contribution >= 0.6 is 11.6 Å². The van der Waals surface area contributed by atoms with Crippen molar-refractivity contribution in [2.75, 3.05) is 13.1 Å². The molecular weight excluding hydrogens is 396 g/mol. The molecule has 1 fully saturated rings. The summed E-state index contributed by atoms with van der Waals surface area (Å²) in [5.74, 6) is -0.120. The van der Waals surface area contributed by atoms with Gasteiger partial charge in [-0.1, -0.05) is 72.3 Å². The van der Waals surface area contributed by atoms with Crippen molar-refractivity contribution in [2.24, 2.45) is 5.92 Å². The van der Waals surface area contributed by atoms with E-state index in [1.165, 1.54) is 0 Å². The largest absolute Gasteiger partial charge is 0.352 e. The molecule has 0 aromatic heterocycles. The van der Waals surface area contributed by atoms with E-state index in [1.54, 1.807) is 0 Å². The number of hydrogen-bond acceptors (Lipinski definition) is 2. The Morgan fingerprint density at radius 1 is 0.967 bits per heavy atom. The summed E-state index contributed by atoms with van der Waals surface area (Å²) >= 11 is 6.17. The van der Waals surface area contributed by atoms with Gasteiger partial charge in [-0.15, -0.1) is 0 Å². The molecule has 0 saturated carbocycles. The number of rotatable bonds is 5. The van der Waals surface area contributed by atoms with E-state index in [0.29, 0.717) is 31.1 Å². The van der Waals surface area contributed by atoms with Gasteiger partial charge in [0.05, 0.1) is 12.3 Å². The molecule has 1 heterocycles. The van der Waals surface area contributed by atoms with Gasteiger partial charge in [0.1, 0.15) is 0 Å². The average Bonchev–Trinajstić information content (AvgIpc) is 2.78. The van der Waals surface area contributed by atoms with Crippen LogP contribution in [0.15, 0.2) is 66.7 Å². The predicted octanol–water partition coefficient (Wildman–Crippen LogP) is 4.59. The first-order valence-corrected chi connectivity index (χ1v) is 10.7. The molecule has 2 amide bonds. The van der Waals surface area contributed by atoms with Crippen LogP contribution < -0.4 is 5.32 Å². The maximum absolute atomic E-state index is 13.0. The molecule has 1 aliphatic rings. The topological polar surface area (TPSA) is 49.4 Å². The summed E-state index contributed by atoms with van der Waals surface area (Å²) < 4.78 is 0. The number of nitrogens with zero attached hydrogens (tertiary/aromatic N) is 1. The standard InChI is InChI=1S/C25H25ClN2O2/c26-23-13-4-2-8-20(23)16-27-25(30)21-11-6-14-28(17-21)24(29)15-19-10-5-9-18-7-1-3-12-22(18)19/h1-5,7-10,12-13,21H,6,11,14-17H2,(H,27,30). The molecule has 0 bridgehead atoms. The minimum Gasteiger partial charge on any atom is -0.352 e. The molecule has 4 nitrogen and oxygen atoms in total. The van der Waals surface area contributed by atoms with Crippen LogP contribution in [-0.4, -0.2) is 29.8 Å². The second-order valence-electron chi connectivity index (χ2n) is 7.80. The van der Waals surface area contributed by atoms with Crippen molar-refractivity contribution >= 4 is 34.2 Å². The van der Waals surface area contributed by atoms with Gasteiger partial charge in [-0.25, -0.2) is 0 Å². The molecule has 4 rings (SSSR count). The highest BCUT2D eigenvalue weighted by atomic mass is 35.5. The minimum atomic E-state index is -0.183. The van der Waals surface area contributed by atoms with Crippen LogP contribution in [0.5, 0.6) is 0 Å². The number of fused-ring (bicyclic) bond motifs is 1. The Morgan fingerprint density at radius 2 is 1.70 bits per heavy atom. The molecule has 1 aliphatic heterocycles. The molecule has 1 N–H and O–H groups in total. The van der Waals surface area contributed by atoms with E-state index in [2.05, 4.69) is 23.5 Å². The highest BCUT2D eigenvalue weighted by molar-refractivity contribution is 6.31. The Hall–Kier alpha value is -2.85. The van der Waals surface area contributed by atoms with Crippen molar-refractivity contribution < 1.29 is 9.59 Å². The molecule has 3 aromatic carbocycles. The summed E-state index contributed by atoms with van der Waals surface area (Å²) in [7, 11) is 0. The Morgan fingerprint density at radius 3 is 2.57 bits per heavy atom. The van der Waals surface area contributed by atoms with Crippen LogP contribution in [0.4, 0.5) is 0 Å². The number of nitrogens with one attached hydrogen (secondary N) is 1. The Kier molecular flexibility index (Phi) is 6.34. The third-order valence-electron chi connectivity index (χ3n) is 5.78. The third kappa shape index (κ3) is 4.65. The molecule has 154 valence electrons. The second kappa shape index (κ2) is 9.31. The number of likely N-dealkylation sites (tertiary alicyclic amines) is 1. The Bertz CT molecular complexity index is 1060. The van der Waals surface area contributed by atoms with E-state index < -0.39 is 0 Å². The van der Waals surface area contributed by atoms with Gasteiger partial charge in [0.15, 0.2) is 0 Å². The van der Waals surface area contributed by atoms with E-state index in [1.807, 2.05) is 53.4 Å². The molecule has 1 unspecified atom stereocenters. The Labute approximate surface area is 181 Å². The summed E-state index contributed by atoms with van der Waals surface area (Å²) in [5.41, 5.74) is 1.93. The van der Waals surface area contributed by atoms with E-state index in [4.69, 9.17) is 11.6 Å². The van der Waals surface area contributed by atoms with Gasteiger partial charge in [-0.05, 0) is 40.8 Å². The fourth-order valence-electron chi connectivity index (χ4n) is 4.11. The molecule has 0 radical (unpaired) electrons. The number of carbonyl (C=O) groups excluding carboxylic acids is 2. The highest BCUT2D eigenvalue weighted by Crippen LogP contribution is 2.22. The summed E-state index contributed by atoms with van der Waals surface area (Å²) in [5, 5.41) is 5.88. The number of hydrogen-bond donors (Lipinski definition) is 1. The van der Waals surface area contributed by atoms with Crippen LogP contribution in [0.1, 0.15) is 24.0 Å². The molecule has 1 atom stereocenters. The predicted molar refractivity (Wildman–Crippen MR) is 120 cm³/mol. The number of benzene rings is 3. The van der Waals surface area contributed by atoms with Crippen LogP contribution in [-0.2, 0) is 22.6 Å². The number of amides is 2. The van der Waals surface area contributed by atoms with E-state index in [0.717, 1.165) is 34.7 Å². The SMILES string of the molecule is O=C(NCc1ccccc1Cl)C1CCCN(C(=O)Cc2cccc3ccccc23)C1. The van der Waals surface area contributed by atoms with E-state index >= 15 is 0 Å². The first-order chi connectivity index (χ1) is 14.6. The summed E-state index contributed by atoms with van der Waals surface area (Å²) in [6.07, 6.45) is 1.99. The van der Waals surface area contributed by atoms with Crippen molar-refractivity contribution in [1.29, 1.82) is 0 Å². The molecule has 0 spiro atoms. The monoisotopic (exact) mass is 420 g/mol. The first-order valence-electron chi connectivity index (χ1n) is 10.4. The van der Waals surface area contributed by atoms with Gasteiger partial charge >= 0.3 is 0 Å². The van der Waals surface area contributed by atoms with Crippen molar-refractivity contribution in [3.8, 4) is 0 Å². The van der Waals surface area contributed by atoms with Crippen molar-refractivity contribution in [1.82, 2.24) is 10.2 Å². The van der Waals surface area contributed by atoms with Crippen LogP contribution in [0, 0.1) is 5.92 Å². The fourth-order valence-corrected chi connectivity index (χ4v) is 4.31. The van der Waals surface area contributed by atoms with Gasteiger partial charge in [-0.2, -0.15) is 0 Å². The summed E-state index contributed by atoms with van der Waals surface area (Å²) in [4.78, 5) is 27.5. The summed E-state index contributed by atoms with van der Waals surface area (Å²) in [6.45, 7) is 1.58. The lowest BCUT2D eigenvalue weighted by Crippen LogP contribution is -2.45. The smallest absolute Gasteiger partial charge is 0.227 e. The zero-order valence-corrected chi connectivity index (χ0v) is 17.6. The van der Waals surface area contributed by atoms with Crippen molar-refractivity contribution in [3.63, 3.8) is 0 Å². The molecule has 0 aliphatic carbocycles. The van der Waals surface area contributed by atoms with Crippen LogP contribution in [0.2, 0.25) is 5.02 Å². The van der Waals surface area contributed by atoms with Gasteiger partial charge in [-0.3, -0.25) is 9.59 Å². The fraction of sp³-hybridized carbons (Fsp3) is 0.280. The Balaban J connectivity index is 1.37. The normalized spacial score (nSPS) is 16.4. The number of halogens is 1. The van der Waals surface area contributed by atoms with E-state index in [-0.39, 0.29) is 17.7 Å².